The summed E-state index contributed by atoms with van der Waals surface area (Å²) in [7, 11) is 0. The van der Waals surface area contributed by atoms with Crippen molar-refractivity contribution in [3.05, 3.63) is 70.8 Å². The predicted octanol–water partition coefficient (Wildman–Crippen LogP) is 5.05. The molecule has 2 aromatic rings. The molecule has 1 aromatic carbocycles. The van der Waals surface area contributed by atoms with E-state index < -0.39 is 17.3 Å². The number of fused-ring (bicyclic) bond motifs is 1. The molecule has 0 fully saturated rings. The van der Waals surface area contributed by atoms with Gasteiger partial charge >= 0.3 is 0 Å². The van der Waals surface area contributed by atoms with Crippen LogP contribution in [0.2, 0.25) is 5.02 Å². The van der Waals surface area contributed by atoms with Crippen LogP contribution in [0.3, 0.4) is 0 Å². The summed E-state index contributed by atoms with van der Waals surface area (Å²) in [6, 6.07) is 7.45. The smallest absolute Gasteiger partial charge is 0.196 e. The fourth-order valence-corrected chi connectivity index (χ4v) is 3.20. The zero-order chi connectivity index (χ0) is 17.3. The van der Waals surface area contributed by atoms with Crippen LogP contribution < -0.4 is 0 Å². The number of pyridine rings is 1. The molecule has 1 aromatic heterocycles. The highest BCUT2D eigenvalue weighted by Crippen LogP contribution is 2.43. The van der Waals surface area contributed by atoms with Crippen LogP contribution in [0.25, 0.3) is 5.57 Å². The van der Waals surface area contributed by atoms with Crippen molar-refractivity contribution in [1.82, 2.24) is 4.98 Å². The van der Waals surface area contributed by atoms with Gasteiger partial charge < -0.3 is 0 Å². The zero-order valence-electron chi connectivity index (χ0n) is 13.0. The molecule has 124 valence electrons. The Hall–Kier alpha value is -2.07. The summed E-state index contributed by atoms with van der Waals surface area (Å²) in [4.78, 5) is 16.7. The van der Waals surface area contributed by atoms with Crippen LogP contribution >= 0.6 is 11.6 Å². The summed E-state index contributed by atoms with van der Waals surface area (Å²) in [6.45, 7) is 3.89. The lowest BCUT2D eigenvalue weighted by atomic mass is 9.77. The van der Waals surface area contributed by atoms with Crippen molar-refractivity contribution < 1.29 is 13.6 Å². The molecule has 1 aliphatic carbocycles. The number of halogens is 3. The van der Waals surface area contributed by atoms with Crippen molar-refractivity contribution >= 4 is 23.0 Å². The lowest BCUT2D eigenvalue weighted by molar-refractivity contribution is -0.131. The fourth-order valence-electron chi connectivity index (χ4n) is 3.04. The molecule has 0 unspecified atom stereocenters. The van der Waals surface area contributed by atoms with Crippen LogP contribution in [0.15, 0.2) is 43.1 Å². The third-order valence-electron chi connectivity index (χ3n) is 4.42. The number of benzene rings is 1. The number of hydrogen-bond donors (Lipinski definition) is 0. The normalized spacial score (nSPS) is 19.9. The Morgan fingerprint density at radius 1 is 1.38 bits per heavy atom. The molecule has 1 atom stereocenters. The minimum Gasteiger partial charge on any atom is -0.296 e. The Morgan fingerprint density at radius 2 is 2.17 bits per heavy atom. The third kappa shape index (κ3) is 2.98. The molecular weight excluding hydrogens is 332 g/mol. The Morgan fingerprint density at radius 3 is 2.92 bits per heavy atom. The van der Waals surface area contributed by atoms with Crippen LogP contribution in [-0.2, 0) is 16.9 Å². The van der Waals surface area contributed by atoms with Crippen LogP contribution in [0.4, 0.5) is 8.78 Å². The maximum atomic E-state index is 15.5. The van der Waals surface area contributed by atoms with Crippen molar-refractivity contribution in [3.63, 3.8) is 0 Å². The second kappa shape index (κ2) is 6.44. The summed E-state index contributed by atoms with van der Waals surface area (Å²) in [5.74, 6) is -1.04. The van der Waals surface area contributed by atoms with E-state index in [0.717, 1.165) is 5.57 Å². The van der Waals surface area contributed by atoms with Gasteiger partial charge in [0.1, 0.15) is 5.82 Å². The van der Waals surface area contributed by atoms with Crippen molar-refractivity contribution in [3.8, 4) is 0 Å². The van der Waals surface area contributed by atoms with Gasteiger partial charge in [-0.25, -0.2) is 8.78 Å². The van der Waals surface area contributed by atoms with Gasteiger partial charge in [0, 0.05) is 23.2 Å². The van der Waals surface area contributed by atoms with E-state index in [2.05, 4.69) is 11.6 Å². The molecule has 1 heterocycles. The molecule has 1 aliphatic rings. The van der Waals surface area contributed by atoms with E-state index in [1.54, 1.807) is 24.4 Å². The predicted molar refractivity (Wildman–Crippen MR) is 90.0 cm³/mol. The summed E-state index contributed by atoms with van der Waals surface area (Å²) >= 11 is 5.71. The van der Waals surface area contributed by atoms with Gasteiger partial charge in [-0.05, 0) is 48.6 Å². The minimum atomic E-state index is -2.09. The largest absolute Gasteiger partial charge is 0.296 e. The van der Waals surface area contributed by atoms with Crippen LogP contribution in [0.5, 0.6) is 0 Å². The van der Waals surface area contributed by atoms with Crippen molar-refractivity contribution in [2.75, 3.05) is 0 Å². The van der Waals surface area contributed by atoms with E-state index >= 15 is 4.39 Å². The van der Waals surface area contributed by atoms with Crippen LogP contribution in [0.1, 0.15) is 36.1 Å². The molecular formula is C19H16ClF2NO. The third-order valence-corrected chi connectivity index (χ3v) is 4.65. The maximum absolute atomic E-state index is 15.5. The summed E-state index contributed by atoms with van der Waals surface area (Å²) in [5, 5.41) is 0.287. The van der Waals surface area contributed by atoms with Gasteiger partial charge in [-0.3, -0.25) is 9.78 Å². The van der Waals surface area contributed by atoms with E-state index in [1.165, 1.54) is 12.1 Å². The minimum absolute atomic E-state index is 0.0481. The average Bonchev–Trinajstić information content (AvgIpc) is 2.57. The molecule has 0 aliphatic heterocycles. The quantitative estimate of drug-likeness (QED) is 0.774. The first-order valence-corrected chi connectivity index (χ1v) is 8.09. The van der Waals surface area contributed by atoms with Crippen LogP contribution in [0, 0.1) is 5.82 Å². The van der Waals surface area contributed by atoms with Gasteiger partial charge in [-0.15, -0.1) is 0 Å². The summed E-state index contributed by atoms with van der Waals surface area (Å²) in [6.07, 6.45) is 2.03. The Labute approximate surface area is 144 Å². The van der Waals surface area contributed by atoms with Crippen LogP contribution in [-0.4, -0.2) is 10.8 Å². The molecule has 5 heteroatoms. The number of Topliss-reactive ketones (excluding diaryl/α,β-unsaturated/α-hetero) is 1. The molecule has 0 radical (unpaired) electrons. The molecule has 0 N–H and O–H groups in total. The number of carbonyl (C=O) groups excluding carboxylic acids is 1. The molecule has 24 heavy (non-hydrogen) atoms. The maximum Gasteiger partial charge on any atom is 0.196 e. The first-order valence-electron chi connectivity index (χ1n) is 7.71. The topological polar surface area (TPSA) is 30.0 Å². The van der Waals surface area contributed by atoms with E-state index in [-0.39, 0.29) is 29.8 Å². The standard InChI is InChI=1S/C19H16ClF2NO/c1-12-8-9-19(22,15-3-2-10-23-18(12)15)17(24)7-5-13-4-6-14(20)11-16(13)21/h2-4,6,10-11H,1,5,7-9H2/t19-/m0/s1. The number of alkyl halides is 1. The molecule has 2 nitrogen and oxygen atoms in total. The van der Waals surface area contributed by atoms with E-state index in [1.807, 2.05) is 0 Å². The lowest BCUT2D eigenvalue weighted by Crippen LogP contribution is -2.35. The second-order valence-electron chi connectivity index (χ2n) is 5.96. The van der Waals surface area contributed by atoms with Crippen molar-refractivity contribution in [2.24, 2.45) is 0 Å². The first-order chi connectivity index (χ1) is 11.4. The number of allylic oxidation sites excluding steroid dienone is 1. The van der Waals surface area contributed by atoms with Crippen molar-refractivity contribution in [2.45, 2.75) is 31.4 Å². The molecule has 0 spiro atoms. The first kappa shape index (κ1) is 16.8. The van der Waals surface area contributed by atoms with Crippen molar-refractivity contribution in [1.29, 1.82) is 0 Å². The number of ketones is 1. The number of rotatable bonds is 4. The highest BCUT2D eigenvalue weighted by atomic mass is 35.5. The number of hydrogen-bond acceptors (Lipinski definition) is 2. The van der Waals surface area contributed by atoms with Gasteiger partial charge in [-0.2, -0.15) is 0 Å². The van der Waals surface area contributed by atoms with Gasteiger partial charge in [-0.1, -0.05) is 30.3 Å². The lowest BCUT2D eigenvalue weighted by Gasteiger charge is -2.31. The summed E-state index contributed by atoms with van der Waals surface area (Å²) in [5.41, 5.74) is -0.285. The SMILES string of the molecule is C=C1CC[C@@](F)(C(=O)CCc2ccc(Cl)cc2F)c2cccnc21. The second-order valence-corrected chi connectivity index (χ2v) is 6.40. The molecule has 0 saturated carbocycles. The zero-order valence-corrected chi connectivity index (χ0v) is 13.7. The molecule has 0 saturated heterocycles. The highest BCUT2D eigenvalue weighted by Gasteiger charge is 2.44. The van der Waals surface area contributed by atoms with E-state index in [9.17, 15) is 9.18 Å². The Bertz CT molecular complexity index is 821. The molecule has 3 rings (SSSR count). The summed E-state index contributed by atoms with van der Waals surface area (Å²) < 4.78 is 29.3. The number of carbonyl (C=O) groups is 1. The molecule has 0 amide bonds. The highest BCUT2D eigenvalue weighted by molar-refractivity contribution is 6.30. The monoisotopic (exact) mass is 347 g/mol. The van der Waals surface area contributed by atoms with Gasteiger partial charge in [0.15, 0.2) is 11.5 Å². The van der Waals surface area contributed by atoms with Gasteiger partial charge in [0.2, 0.25) is 0 Å². The molecule has 0 bridgehead atoms. The number of nitrogens with zero attached hydrogens (tertiary/aromatic N) is 1. The fraction of sp³-hybridized carbons (Fsp3) is 0.263. The number of aryl methyl sites for hydroxylation is 1. The van der Waals surface area contributed by atoms with E-state index in [0.29, 0.717) is 17.7 Å². The Balaban J connectivity index is 1.82. The van der Waals surface area contributed by atoms with Gasteiger partial charge in [0.05, 0.1) is 5.69 Å². The van der Waals surface area contributed by atoms with Gasteiger partial charge in [0.25, 0.3) is 0 Å². The Kier molecular flexibility index (Phi) is 4.50. The average molecular weight is 348 g/mol. The van der Waals surface area contributed by atoms with E-state index in [4.69, 9.17) is 11.6 Å². The number of aromatic nitrogens is 1.